The van der Waals surface area contributed by atoms with Crippen LogP contribution in [0.2, 0.25) is 0 Å². The minimum absolute atomic E-state index is 0.453. The van der Waals surface area contributed by atoms with E-state index in [4.69, 9.17) is 9.47 Å². The summed E-state index contributed by atoms with van der Waals surface area (Å²) in [6, 6.07) is 18.4. The van der Waals surface area contributed by atoms with E-state index in [-0.39, 0.29) is 0 Å². The van der Waals surface area contributed by atoms with E-state index in [1.54, 1.807) is 0 Å². The summed E-state index contributed by atoms with van der Waals surface area (Å²) in [5, 5.41) is 0. The molecule has 0 radical (unpaired) electrons. The zero-order chi connectivity index (χ0) is 12.4. The zero-order valence-electron chi connectivity index (χ0n) is 10.4. The van der Waals surface area contributed by atoms with Gasteiger partial charge in [0.1, 0.15) is 5.75 Å². The van der Waals surface area contributed by atoms with E-state index in [9.17, 15) is 0 Å². The van der Waals surface area contributed by atoms with E-state index in [0.717, 1.165) is 29.9 Å². The maximum absolute atomic E-state index is 6.00. The van der Waals surface area contributed by atoms with Crippen molar-refractivity contribution < 1.29 is 9.47 Å². The van der Waals surface area contributed by atoms with Crippen molar-refractivity contribution in [2.45, 2.75) is 19.1 Å². The molecule has 1 heterocycles. The number of ether oxygens (including phenoxy) is 2. The Morgan fingerprint density at radius 3 is 2.33 bits per heavy atom. The molecule has 0 amide bonds. The van der Waals surface area contributed by atoms with Crippen LogP contribution in [-0.4, -0.2) is 12.4 Å². The van der Waals surface area contributed by atoms with E-state index in [1.807, 2.05) is 43.3 Å². The number of para-hydroxylation sites is 1. The fraction of sp³-hybridized carbons (Fsp3) is 0.250. The molecular formula is C16H16O2. The van der Waals surface area contributed by atoms with Crippen molar-refractivity contribution in [3.05, 3.63) is 54.6 Å². The molecule has 2 aromatic carbocycles. The molecule has 0 aliphatic carbocycles. The van der Waals surface area contributed by atoms with Gasteiger partial charge in [-0.1, -0.05) is 48.5 Å². The van der Waals surface area contributed by atoms with Crippen LogP contribution in [0.1, 0.15) is 13.3 Å². The first kappa shape index (κ1) is 11.3. The summed E-state index contributed by atoms with van der Waals surface area (Å²) in [7, 11) is 0. The fourth-order valence-corrected chi connectivity index (χ4v) is 2.11. The Hall–Kier alpha value is -1.80. The average Bonchev–Trinajstić information content (AvgIpc) is 2.39. The molecule has 0 aromatic heterocycles. The topological polar surface area (TPSA) is 18.5 Å². The molecule has 0 N–H and O–H groups in total. The lowest BCUT2D eigenvalue weighted by Gasteiger charge is -2.38. The van der Waals surface area contributed by atoms with Gasteiger partial charge in [0.05, 0.1) is 6.61 Å². The molecule has 3 rings (SSSR count). The number of rotatable bonds is 3. The van der Waals surface area contributed by atoms with Gasteiger partial charge in [-0.25, -0.2) is 0 Å². The molecule has 18 heavy (non-hydrogen) atoms. The van der Waals surface area contributed by atoms with Crippen LogP contribution in [0.15, 0.2) is 54.6 Å². The van der Waals surface area contributed by atoms with Gasteiger partial charge >= 0.3 is 0 Å². The van der Waals surface area contributed by atoms with Crippen molar-refractivity contribution in [3.63, 3.8) is 0 Å². The second-order valence-corrected chi connectivity index (χ2v) is 4.70. The monoisotopic (exact) mass is 240 g/mol. The van der Waals surface area contributed by atoms with Gasteiger partial charge in [-0.3, -0.25) is 0 Å². The van der Waals surface area contributed by atoms with E-state index in [0.29, 0.717) is 0 Å². The lowest BCUT2D eigenvalue weighted by atomic mass is 10.0. The third-order valence-corrected chi connectivity index (χ3v) is 3.26. The molecule has 2 heteroatoms. The van der Waals surface area contributed by atoms with Gasteiger partial charge < -0.3 is 9.47 Å². The summed E-state index contributed by atoms with van der Waals surface area (Å²) in [6.45, 7) is 2.77. The van der Waals surface area contributed by atoms with Gasteiger partial charge in [-0.2, -0.15) is 0 Å². The first-order valence-corrected chi connectivity index (χ1v) is 6.24. The molecule has 0 saturated carbocycles. The first-order valence-electron chi connectivity index (χ1n) is 6.24. The van der Waals surface area contributed by atoms with Crippen molar-refractivity contribution in [1.29, 1.82) is 0 Å². The maximum atomic E-state index is 6.00. The smallest absolute Gasteiger partial charge is 0.209 e. The molecule has 0 bridgehead atoms. The fourth-order valence-electron chi connectivity index (χ4n) is 2.11. The minimum atomic E-state index is -0.453. The van der Waals surface area contributed by atoms with Gasteiger partial charge in [0, 0.05) is 18.9 Å². The number of hydrogen-bond acceptors (Lipinski definition) is 2. The molecule has 1 aliphatic rings. The molecule has 1 atom stereocenters. The van der Waals surface area contributed by atoms with Crippen LogP contribution in [0.3, 0.4) is 0 Å². The van der Waals surface area contributed by atoms with Crippen LogP contribution in [0.25, 0.3) is 11.1 Å². The van der Waals surface area contributed by atoms with Crippen LogP contribution < -0.4 is 4.74 Å². The summed E-state index contributed by atoms with van der Waals surface area (Å²) in [5.41, 5.74) is 2.27. The highest BCUT2D eigenvalue weighted by atomic mass is 16.7. The SMILES string of the molecule is CC1(Oc2ccccc2-c2ccccc2)CCO1. The highest BCUT2D eigenvalue weighted by Crippen LogP contribution is 2.35. The summed E-state index contributed by atoms with van der Waals surface area (Å²) >= 11 is 0. The predicted octanol–water partition coefficient (Wildman–Crippen LogP) is 3.87. The zero-order valence-corrected chi connectivity index (χ0v) is 10.4. The van der Waals surface area contributed by atoms with Crippen LogP contribution in [-0.2, 0) is 4.74 Å². The molecule has 2 aromatic rings. The molecule has 2 nitrogen and oxygen atoms in total. The minimum Gasteiger partial charge on any atom is -0.462 e. The Bertz CT molecular complexity index is 530. The quantitative estimate of drug-likeness (QED) is 0.810. The highest BCUT2D eigenvalue weighted by Gasteiger charge is 2.36. The maximum Gasteiger partial charge on any atom is 0.209 e. The van der Waals surface area contributed by atoms with Crippen LogP contribution >= 0.6 is 0 Å². The molecular weight excluding hydrogens is 224 g/mol. The third-order valence-electron chi connectivity index (χ3n) is 3.26. The largest absolute Gasteiger partial charge is 0.462 e. The van der Waals surface area contributed by atoms with Crippen molar-refractivity contribution >= 4 is 0 Å². The Kier molecular flexibility index (Phi) is 2.80. The number of benzene rings is 2. The van der Waals surface area contributed by atoms with E-state index < -0.39 is 5.79 Å². The predicted molar refractivity (Wildman–Crippen MR) is 71.5 cm³/mol. The van der Waals surface area contributed by atoms with Gasteiger partial charge in [0.25, 0.3) is 0 Å². The first-order chi connectivity index (χ1) is 8.77. The average molecular weight is 240 g/mol. The lowest BCUT2D eigenvalue weighted by molar-refractivity contribution is -0.251. The summed E-state index contributed by atoms with van der Waals surface area (Å²) in [6.07, 6.45) is 0.941. The second kappa shape index (κ2) is 4.46. The molecule has 1 fully saturated rings. The number of hydrogen-bond donors (Lipinski definition) is 0. The molecule has 1 saturated heterocycles. The van der Waals surface area contributed by atoms with Gasteiger partial charge in [-0.15, -0.1) is 0 Å². The Balaban J connectivity index is 1.95. The van der Waals surface area contributed by atoms with Crippen molar-refractivity contribution in [3.8, 4) is 16.9 Å². The standard InChI is InChI=1S/C16H16O2/c1-16(11-12-17-16)18-15-10-6-5-9-14(15)13-7-3-2-4-8-13/h2-10H,11-12H2,1H3. The molecule has 1 unspecified atom stereocenters. The molecule has 1 aliphatic heterocycles. The Labute approximate surface area is 107 Å². The van der Waals surface area contributed by atoms with Crippen molar-refractivity contribution in [1.82, 2.24) is 0 Å². The third kappa shape index (κ3) is 2.12. The summed E-state index contributed by atoms with van der Waals surface area (Å²) < 4.78 is 11.5. The Morgan fingerprint density at radius 2 is 1.67 bits per heavy atom. The lowest BCUT2D eigenvalue weighted by Crippen LogP contribution is -2.46. The van der Waals surface area contributed by atoms with E-state index >= 15 is 0 Å². The molecule has 0 spiro atoms. The van der Waals surface area contributed by atoms with Gasteiger partial charge in [0.15, 0.2) is 0 Å². The van der Waals surface area contributed by atoms with Crippen LogP contribution in [0, 0.1) is 0 Å². The van der Waals surface area contributed by atoms with Gasteiger partial charge in [-0.05, 0) is 11.6 Å². The summed E-state index contributed by atoms with van der Waals surface area (Å²) in [4.78, 5) is 0. The highest BCUT2D eigenvalue weighted by molar-refractivity contribution is 5.70. The summed E-state index contributed by atoms with van der Waals surface area (Å²) in [5.74, 6) is 0.427. The van der Waals surface area contributed by atoms with Crippen molar-refractivity contribution in [2.75, 3.05) is 6.61 Å². The Morgan fingerprint density at radius 1 is 1.00 bits per heavy atom. The van der Waals surface area contributed by atoms with E-state index in [2.05, 4.69) is 18.2 Å². The normalized spacial score (nSPS) is 22.3. The molecule has 92 valence electrons. The van der Waals surface area contributed by atoms with E-state index in [1.165, 1.54) is 0 Å². The van der Waals surface area contributed by atoms with Crippen molar-refractivity contribution in [2.24, 2.45) is 0 Å². The van der Waals surface area contributed by atoms with Crippen LogP contribution in [0.4, 0.5) is 0 Å². The van der Waals surface area contributed by atoms with Crippen LogP contribution in [0.5, 0.6) is 5.75 Å². The second-order valence-electron chi connectivity index (χ2n) is 4.70. The van der Waals surface area contributed by atoms with Gasteiger partial charge in [0.2, 0.25) is 5.79 Å².